The minimum atomic E-state index is 0.577. The highest BCUT2D eigenvalue weighted by Crippen LogP contribution is 2.28. The van der Waals surface area contributed by atoms with E-state index in [1.54, 1.807) is 0 Å². The lowest BCUT2D eigenvalue weighted by Gasteiger charge is -2.30. The standard InChI is InChI=1S/C14H19N3O/c1-16-7-5-13(6-8-16)17-9-4-11-2-3-12(15-18)10-14(11)17/h2-4,9-10,13,15,18H,5-8H2,1H3. The number of fused-ring (bicyclic) bond motifs is 1. The first-order valence-electron chi connectivity index (χ1n) is 6.47. The van der Waals surface area contributed by atoms with E-state index in [0.717, 1.165) is 18.8 Å². The Morgan fingerprint density at radius 2 is 2.00 bits per heavy atom. The van der Waals surface area contributed by atoms with Crippen LogP contribution in [-0.2, 0) is 0 Å². The van der Waals surface area contributed by atoms with E-state index in [1.807, 2.05) is 18.2 Å². The van der Waals surface area contributed by atoms with Gasteiger partial charge in [-0.3, -0.25) is 10.7 Å². The van der Waals surface area contributed by atoms with Crippen LogP contribution < -0.4 is 5.48 Å². The topological polar surface area (TPSA) is 40.4 Å². The Hall–Kier alpha value is -1.52. The number of likely N-dealkylation sites (tertiary alicyclic amines) is 1. The summed E-state index contributed by atoms with van der Waals surface area (Å²) in [6.07, 6.45) is 4.55. The van der Waals surface area contributed by atoms with Gasteiger partial charge in [-0.15, -0.1) is 0 Å². The maximum Gasteiger partial charge on any atom is 0.0623 e. The van der Waals surface area contributed by atoms with Gasteiger partial charge in [0.2, 0.25) is 0 Å². The molecule has 3 rings (SSSR count). The summed E-state index contributed by atoms with van der Waals surface area (Å²) in [5, 5.41) is 10.2. The number of rotatable bonds is 2. The first kappa shape index (κ1) is 11.6. The van der Waals surface area contributed by atoms with Gasteiger partial charge in [0.05, 0.1) is 11.2 Å². The second-order valence-electron chi connectivity index (χ2n) is 5.14. The van der Waals surface area contributed by atoms with Crippen LogP contribution in [0, 0.1) is 0 Å². The molecule has 0 aliphatic carbocycles. The second kappa shape index (κ2) is 4.63. The molecule has 0 amide bonds. The fourth-order valence-corrected chi connectivity index (χ4v) is 2.81. The molecule has 1 saturated heterocycles. The van der Waals surface area contributed by atoms with Crippen molar-refractivity contribution in [2.24, 2.45) is 0 Å². The van der Waals surface area contributed by atoms with Gasteiger partial charge in [-0.1, -0.05) is 6.07 Å². The fourth-order valence-electron chi connectivity index (χ4n) is 2.81. The van der Waals surface area contributed by atoms with E-state index in [0.29, 0.717) is 6.04 Å². The zero-order valence-electron chi connectivity index (χ0n) is 10.6. The molecule has 0 atom stereocenters. The third kappa shape index (κ3) is 1.98. The smallest absolute Gasteiger partial charge is 0.0623 e. The van der Waals surface area contributed by atoms with Crippen LogP contribution in [0.5, 0.6) is 0 Å². The van der Waals surface area contributed by atoms with Crippen molar-refractivity contribution in [3.8, 4) is 0 Å². The molecule has 1 aliphatic rings. The van der Waals surface area contributed by atoms with Gasteiger partial charge in [0.15, 0.2) is 0 Å². The normalized spacial score (nSPS) is 18.3. The Labute approximate surface area is 107 Å². The molecule has 4 nitrogen and oxygen atoms in total. The third-order valence-electron chi connectivity index (χ3n) is 3.93. The van der Waals surface area contributed by atoms with Crippen molar-refractivity contribution in [1.29, 1.82) is 0 Å². The Balaban J connectivity index is 1.96. The Morgan fingerprint density at radius 1 is 1.22 bits per heavy atom. The van der Waals surface area contributed by atoms with Crippen molar-refractivity contribution in [3.05, 3.63) is 30.5 Å². The van der Waals surface area contributed by atoms with Crippen molar-refractivity contribution in [1.82, 2.24) is 9.47 Å². The summed E-state index contributed by atoms with van der Waals surface area (Å²) < 4.78 is 2.35. The molecule has 1 fully saturated rings. The van der Waals surface area contributed by atoms with Crippen molar-refractivity contribution in [2.45, 2.75) is 18.9 Å². The van der Waals surface area contributed by atoms with Gasteiger partial charge in [-0.2, -0.15) is 0 Å². The molecular formula is C14H19N3O. The number of hydrogen-bond acceptors (Lipinski definition) is 3. The molecule has 18 heavy (non-hydrogen) atoms. The molecule has 96 valence electrons. The summed E-state index contributed by atoms with van der Waals surface area (Å²) in [5.74, 6) is 0. The summed E-state index contributed by atoms with van der Waals surface area (Å²) in [4.78, 5) is 2.38. The monoisotopic (exact) mass is 245 g/mol. The van der Waals surface area contributed by atoms with E-state index in [-0.39, 0.29) is 0 Å². The van der Waals surface area contributed by atoms with Crippen LogP contribution in [0.4, 0.5) is 5.69 Å². The molecule has 0 radical (unpaired) electrons. The van der Waals surface area contributed by atoms with Crippen molar-refractivity contribution in [2.75, 3.05) is 25.6 Å². The van der Waals surface area contributed by atoms with Crippen molar-refractivity contribution < 1.29 is 5.21 Å². The molecule has 0 spiro atoms. The molecule has 4 heteroatoms. The number of nitrogens with zero attached hydrogens (tertiary/aromatic N) is 2. The lowest BCUT2D eigenvalue weighted by molar-refractivity contribution is 0.224. The van der Waals surface area contributed by atoms with Crippen LogP contribution in [0.2, 0.25) is 0 Å². The van der Waals surface area contributed by atoms with Crippen LogP contribution >= 0.6 is 0 Å². The summed E-state index contributed by atoms with van der Waals surface area (Å²) in [5.41, 5.74) is 4.17. The largest absolute Gasteiger partial charge is 0.344 e. The second-order valence-corrected chi connectivity index (χ2v) is 5.14. The SMILES string of the molecule is CN1CCC(n2ccc3ccc(NO)cc32)CC1. The van der Waals surface area contributed by atoms with E-state index in [9.17, 15) is 0 Å². The maximum atomic E-state index is 9.00. The van der Waals surface area contributed by atoms with Crippen LogP contribution in [0.25, 0.3) is 10.9 Å². The highest BCUT2D eigenvalue weighted by atomic mass is 16.5. The molecule has 2 N–H and O–H groups in total. The molecule has 1 aromatic heterocycles. The van der Waals surface area contributed by atoms with E-state index in [1.165, 1.54) is 23.7 Å². The average Bonchev–Trinajstić information content (AvgIpc) is 2.82. The van der Waals surface area contributed by atoms with E-state index >= 15 is 0 Å². The maximum absolute atomic E-state index is 9.00. The van der Waals surface area contributed by atoms with Gasteiger partial charge in [0, 0.05) is 12.2 Å². The van der Waals surface area contributed by atoms with E-state index < -0.39 is 0 Å². The number of hydrogen-bond donors (Lipinski definition) is 2. The summed E-state index contributed by atoms with van der Waals surface area (Å²) in [7, 11) is 2.18. The van der Waals surface area contributed by atoms with E-state index in [2.05, 4.69) is 34.3 Å². The zero-order chi connectivity index (χ0) is 12.5. The Kier molecular flexibility index (Phi) is 2.97. The van der Waals surface area contributed by atoms with Gasteiger partial charge in [-0.05, 0) is 56.6 Å². The van der Waals surface area contributed by atoms with Gasteiger partial charge in [-0.25, -0.2) is 0 Å². The number of benzene rings is 1. The van der Waals surface area contributed by atoms with Crippen LogP contribution in [0.1, 0.15) is 18.9 Å². The summed E-state index contributed by atoms with van der Waals surface area (Å²) in [6, 6.07) is 8.66. The summed E-state index contributed by atoms with van der Waals surface area (Å²) >= 11 is 0. The van der Waals surface area contributed by atoms with Gasteiger partial charge in [0.1, 0.15) is 0 Å². The average molecular weight is 245 g/mol. The van der Waals surface area contributed by atoms with Gasteiger partial charge in [0.25, 0.3) is 0 Å². The third-order valence-corrected chi connectivity index (χ3v) is 3.93. The summed E-state index contributed by atoms with van der Waals surface area (Å²) in [6.45, 7) is 2.31. The predicted molar refractivity (Wildman–Crippen MR) is 73.1 cm³/mol. The zero-order valence-corrected chi connectivity index (χ0v) is 10.6. The Bertz CT molecular complexity index is 541. The van der Waals surface area contributed by atoms with Crippen LogP contribution in [-0.4, -0.2) is 34.8 Å². The van der Waals surface area contributed by atoms with Gasteiger partial charge < -0.3 is 9.47 Å². The highest BCUT2D eigenvalue weighted by Gasteiger charge is 2.19. The molecular weight excluding hydrogens is 226 g/mol. The van der Waals surface area contributed by atoms with Crippen molar-refractivity contribution in [3.63, 3.8) is 0 Å². The lowest BCUT2D eigenvalue weighted by atomic mass is 10.1. The van der Waals surface area contributed by atoms with Crippen LogP contribution in [0.3, 0.4) is 0 Å². The predicted octanol–water partition coefficient (Wildman–Crippen LogP) is 2.71. The van der Waals surface area contributed by atoms with Gasteiger partial charge >= 0.3 is 0 Å². The molecule has 1 aliphatic heterocycles. The molecule has 0 unspecified atom stereocenters. The highest BCUT2D eigenvalue weighted by molar-refractivity contribution is 5.83. The molecule has 2 heterocycles. The van der Waals surface area contributed by atoms with Crippen LogP contribution in [0.15, 0.2) is 30.5 Å². The molecule has 1 aromatic carbocycles. The lowest BCUT2D eigenvalue weighted by Crippen LogP contribution is -2.31. The number of anilines is 1. The minimum absolute atomic E-state index is 0.577. The molecule has 0 saturated carbocycles. The minimum Gasteiger partial charge on any atom is -0.344 e. The van der Waals surface area contributed by atoms with E-state index in [4.69, 9.17) is 5.21 Å². The van der Waals surface area contributed by atoms with Crippen molar-refractivity contribution >= 4 is 16.6 Å². The number of aromatic nitrogens is 1. The Morgan fingerprint density at radius 3 is 2.72 bits per heavy atom. The first-order valence-corrected chi connectivity index (χ1v) is 6.47. The quantitative estimate of drug-likeness (QED) is 0.799. The molecule has 2 aromatic rings. The number of nitrogens with one attached hydrogen (secondary N) is 1. The fraction of sp³-hybridized carbons (Fsp3) is 0.429. The molecule has 0 bridgehead atoms. The number of piperidine rings is 1. The first-order chi connectivity index (χ1) is 8.78.